The number of nitrogens with two attached hydrogens (primary N) is 1. The third-order valence-electron chi connectivity index (χ3n) is 4.50. The number of aryl methyl sites for hydroxylation is 1. The first-order chi connectivity index (χ1) is 11.0. The Morgan fingerprint density at radius 2 is 2.04 bits per heavy atom. The Balaban J connectivity index is 1.89. The molecule has 1 aliphatic heterocycles. The van der Waals surface area contributed by atoms with Gasteiger partial charge in [0.15, 0.2) is 0 Å². The number of hydrogen-bond donors (Lipinski definition) is 2. The number of benzene rings is 1. The van der Waals surface area contributed by atoms with Crippen molar-refractivity contribution in [3.8, 4) is 0 Å². The SMILES string of the molecule is CC[C@H](NC(=O)CN1CCC[C@H](C(N)=O)C1)c1ccc(C)cc1. The van der Waals surface area contributed by atoms with E-state index in [1.54, 1.807) is 0 Å². The number of hydrogen-bond acceptors (Lipinski definition) is 3. The molecule has 0 spiro atoms. The van der Waals surface area contributed by atoms with Crippen LogP contribution < -0.4 is 11.1 Å². The Kier molecular flexibility index (Phi) is 6.16. The summed E-state index contributed by atoms with van der Waals surface area (Å²) in [5.41, 5.74) is 7.72. The van der Waals surface area contributed by atoms with Crippen molar-refractivity contribution in [1.29, 1.82) is 0 Å². The van der Waals surface area contributed by atoms with E-state index in [0.717, 1.165) is 31.4 Å². The maximum absolute atomic E-state index is 12.3. The Morgan fingerprint density at radius 1 is 1.35 bits per heavy atom. The molecule has 0 saturated carbocycles. The minimum atomic E-state index is -0.263. The quantitative estimate of drug-likeness (QED) is 0.839. The molecule has 0 aliphatic carbocycles. The fourth-order valence-electron chi connectivity index (χ4n) is 3.09. The highest BCUT2D eigenvalue weighted by Gasteiger charge is 2.25. The average Bonchev–Trinajstić information content (AvgIpc) is 2.53. The summed E-state index contributed by atoms with van der Waals surface area (Å²) in [7, 11) is 0. The zero-order valence-corrected chi connectivity index (χ0v) is 14.0. The van der Waals surface area contributed by atoms with Crippen LogP contribution in [0, 0.1) is 12.8 Å². The van der Waals surface area contributed by atoms with E-state index in [0.29, 0.717) is 13.1 Å². The molecule has 1 aromatic carbocycles. The van der Waals surface area contributed by atoms with E-state index in [1.807, 2.05) is 4.90 Å². The molecule has 1 fully saturated rings. The van der Waals surface area contributed by atoms with Crippen molar-refractivity contribution in [2.45, 2.75) is 39.2 Å². The highest BCUT2D eigenvalue weighted by molar-refractivity contribution is 5.79. The number of primary amides is 1. The van der Waals surface area contributed by atoms with Crippen molar-refractivity contribution >= 4 is 11.8 Å². The minimum Gasteiger partial charge on any atom is -0.369 e. The molecule has 2 rings (SSSR count). The molecule has 1 aromatic rings. The number of carbonyl (C=O) groups is 2. The number of carbonyl (C=O) groups excluding carboxylic acids is 2. The van der Waals surface area contributed by atoms with Gasteiger partial charge < -0.3 is 11.1 Å². The molecule has 0 bridgehead atoms. The van der Waals surface area contributed by atoms with Gasteiger partial charge in [-0.1, -0.05) is 36.8 Å². The lowest BCUT2D eigenvalue weighted by molar-refractivity contribution is -0.127. The van der Waals surface area contributed by atoms with Gasteiger partial charge >= 0.3 is 0 Å². The van der Waals surface area contributed by atoms with Crippen molar-refractivity contribution < 1.29 is 9.59 Å². The largest absolute Gasteiger partial charge is 0.369 e. The summed E-state index contributed by atoms with van der Waals surface area (Å²) in [6.45, 7) is 5.87. The van der Waals surface area contributed by atoms with Crippen LogP contribution >= 0.6 is 0 Å². The van der Waals surface area contributed by atoms with Crippen LogP contribution in [0.25, 0.3) is 0 Å². The molecule has 0 aromatic heterocycles. The third kappa shape index (κ3) is 5.06. The fourth-order valence-corrected chi connectivity index (χ4v) is 3.09. The molecular formula is C18H27N3O2. The molecule has 5 heteroatoms. The monoisotopic (exact) mass is 317 g/mol. The molecule has 1 saturated heterocycles. The van der Waals surface area contributed by atoms with Gasteiger partial charge in [0, 0.05) is 6.54 Å². The van der Waals surface area contributed by atoms with Crippen LogP contribution in [0.1, 0.15) is 43.4 Å². The Morgan fingerprint density at radius 3 is 2.65 bits per heavy atom. The molecule has 23 heavy (non-hydrogen) atoms. The molecule has 3 N–H and O–H groups in total. The van der Waals surface area contributed by atoms with Gasteiger partial charge in [-0.25, -0.2) is 0 Å². The van der Waals surface area contributed by atoms with Gasteiger partial charge in [-0.2, -0.15) is 0 Å². The number of nitrogens with one attached hydrogen (secondary N) is 1. The second kappa shape index (κ2) is 8.11. The van der Waals surface area contributed by atoms with Gasteiger partial charge in [-0.15, -0.1) is 0 Å². The van der Waals surface area contributed by atoms with E-state index in [4.69, 9.17) is 5.73 Å². The number of piperidine rings is 1. The minimum absolute atomic E-state index is 0.00236. The third-order valence-corrected chi connectivity index (χ3v) is 4.50. The summed E-state index contributed by atoms with van der Waals surface area (Å²) in [5, 5.41) is 3.10. The molecule has 1 heterocycles. The van der Waals surface area contributed by atoms with Crippen LogP contribution in [0.15, 0.2) is 24.3 Å². The van der Waals surface area contributed by atoms with E-state index in [9.17, 15) is 9.59 Å². The lowest BCUT2D eigenvalue weighted by atomic mass is 9.97. The van der Waals surface area contributed by atoms with Gasteiger partial charge in [0.25, 0.3) is 0 Å². The summed E-state index contributed by atoms with van der Waals surface area (Å²) in [4.78, 5) is 25.7. The van der Waals surface area contributed by atoms with E-state index in [2.05, 4.69) is 43.4 Å². The van der Waals surface area contributed by atoms with Crippen LogP contribution in [0.2, 0.25) is 0 Å². The lowest BCUT2D eigenvalue weighted by Crippen LogP contribution is -2.46. The number of rotatable bonds is 6. The molecule has 5 nitrogen and oxygen atoms in total. The van der Waals surface area contributed by atoms with Crippen molar-refractivity contribution in [1.82, 2.24) is 10.2 Å². The second-order valence-corrected chi connectivity index (χ2v) is 6.42. The topological polar surface area (TPSA) is 75.4 Å². The van der Waals surface area contributed by atoms with Gasteiger partial charge in [0.1, 0.15) is 0 Å². The van der Waals surface area contributed by atoms with E-state index in [1.165, 1.54) is 5.56 Å². The van der Waals surface area contributed by atoms with Gasteiger partial charge in [-0.05, 0) is 38.3 Å². The summed E-state index contributed by atoms with van der Waals surface area (Å²) in [6, 6.07) is 8.28. The van der Waals surface area contributed by atoms with Crippen molar-refractivity contribution in [2.75, 3.05) is 19.6 Å². The highest BCUT2D eigenvalue weighted by Crippen LogP contribution is 2.18. The zero-order chi connectivity index (χ0) is 16.8. The molecule has 2 atom stereocenters. The van der Waals surface area contributed by atoms with Crippen LogP contribution in [-0.4, -0.2) is 36.3 Å². The molecule has 0 radical (unpaired) electrons. The first-order valence-corrected chi connectivity index (χ1v) is 8.37. The number of amides is 2. The standard InChI is InChI=1S/C18H27N3O2/c1-3-16(14-8-6-13(2)7-9-14)20-17(22)12-21-10-4-5-15(11-21)18(19)23/h6-9,15-16H,3-5,10-12H2,1-2H3,(H2,19,23)(H,20,22)/t15-,16-/m0/s1. The highest BCUT2D eigenvalue weighted by atomic mass is 16.2. The van der Waals surface area contributed by atoms with Crippen molar-refractivity contribution in [3.63, 3.8) is 0 Å². The first-order valence-electron chi connectivity index (χ1n) is 8.37. The van der Waals surface area contributed by atoms with E-state index >= 15 is 0 Å². The predicted octanol–water partition coefficient (Wildman–Crippen LogP) is 1.76. The maximum Gasteiger partial charge on any atom is 0.234 e. The average molecular weight is 317 g/mol. The van der Waals surface area contributed by atoms with Crippen LogP contribution in [0.3, 0.4) is 0 Å². The molecule has 0 unspecified atom stereocenters. The first kappa shape index (κ1) is 17.5. The summed E-state index contributed by atoms with van der Waals surface area (Å²) in [5.74, 6) is -0.389. The van der Waals surface area contributed by atoms with E-state index < -0.39 is 0 Å². The normalized spacial score (nSPS) is 20.0. The fraction of sp³-hybridized carbons (Fsp3) is 0.556. The van der Waals surface area contributed by atoms with Crippen molar-refractivity contribution in [2.24, 2.45) is 11.7 Å². The van der Waals surface area contributed by atoms with Crippen LogP contribution in [0.4, 0.5) is 0 Å². The molecule has 126 valence electrons. The zero-order valence-electron chi connectivity index (χ0n) is 14.0. The Labute approximate surface area is 138 Å². The lowest BCUT2D eigenvalue weighted by Gasteiger charge is -2.31. The van der Waals surface area contributed by atoms with Gasteiger partial charge in [-0.3, -0.25) is 14.5 Å². The van der Waals surface area contributed by atoms with Gasteiger partial charge in [0.05, 0.1) is 18.5 Å². The van der Waals surface area contributed by atoms with Crippen LogP contribution in [0.5, 0.6) is 0 Å². The Hall–Kier alpha value is -1.88. The van der Waals surface area contributed by atoms with Crippen LogP contribution in [-0.2, 0) is 9.59 Å². The summed E-state index contributed by atoms with van der Waals surface area (Å²) in [6.07, 6.45) is 2.59. The number of nitrogens with zero attached hydrogens (tertiary/aromatic N) is 1. The molecule has 1 aliphatic rings. The summed E-state index contributed by atoms with van der Waals surface area (Å²) >= 11 is 0. The van der Waals surface area contributed by atoms with Crippen molar-refractivity contribution in [3.05, 3.63) is 35.4 Å². The smallest absolute Gasteiger partial charge is 0.234 e. The molecule has 2 amide bonds. The molecular weight excluding hydrogens is 290 g/mol. The second-order valence-electron chi connectivity index (χ2n) is 6.42. The Bertz CT molecular complexity index is 542. The maximum atomic E-state index is 12.3. The van der Waals surface area contributed by atoms with Gasteiger partial charge in [0.2, 0.25) is 11.8 Å². The number of likely N-dealkylation sites (tertiary alicyclic amines) is 1. The van der Waals surface area contributed by atoms with E-state index in [-0.39, 0.29) is 23.8 Å². The predicted molar refractivity (Wildman–Crippen MR) is 90.7 cm³/mol. The summed E-state index contributed by atoms with van der Waals surface area (Å²) < 4.78 is 0.